The molecule has 0 radical (unpaired) electrons. The summed E-state index contributed by atoms with van der Waals surface area (Å²) in [5.74, 6) is 1.06. The van der Waals surface area contributed by atoms with Crippen molar-refractivity contribution in [1.29, 1.82) is 0 Å². The van der Waals surface area contributed by atoms with Crippen LogP contribution in [0.15, 0.2) is 12.3 Å². The predicted octanol–water partition coefficient (Wildman–Crippen LogP) is -0.830. The second kappa shape index (κ2) is 4.34. The second-order valence-electron chi connectivity index (χ2n) is 3.72. The number of nitrogens with two attached hydrogens (primary N) is 1. The van der Waals surface area contributed by atoms with Gasteiger partial charge in [-0.25, -0.2) is 8.42 Å². The van der Waals surface area contributed by atoms with E-state index in [9.17, 15) is 8.42 Å². The molecule has 88 valence electrons. The third kappa shape index (κ3) is 2.30. The lowest BCUT2D eigenvalue weighted by Gasteiger charge is -2.28. The van der Waals surface area contributed by atoms with Crippen LogP contribution in [-0.4, -0.2) is 43.2 Å². The maximum Gasteiger partial charge on any atom is 0.155 e. The molecule has 1 aliphatic rings. The second-order valence-corrected chi connectivity index (χ2v) is 6.03. The van der Waals surface area contributed by atoms with Gasteiger partial charge < -0.3 is 10.6 Å². The quantitative estimate of drug-likeness (QED) is 0.728. The van der Waals surface area contributed by atoms with Gasteiger partial charge in [-0.2, -0.15) is 5.10 Å². The molecule has 0 saturated carbocycles. The van der Waals surface area contributed by atoms with Crippen molar-refractivity contribution in [3.05, 3.63) is 17.8 Å². The lowest BCUT2D eigenvalue weighted by atomic mass is 10.2. The Morgan fingerprint density at radius 1 is 1.38 bits per heavy atom. The van der Waals surface area contributed by atoms with Crippen LogP contribution in [0.25, 0.3) is 0 Å². The van der Waals surface area contributed by atoms with Crippen LogP contribution in [0.3, 0.4) is 0 Å². The first-order valence-electron chi connectivity index (χ1n) is 5.08. The molecule has 1 fully saturated rings. The Hall–Kier alpha value is -1.21. The number of sulfone groups is 1. The van der Waals surface area contributed by atoms with E-state index < -0.39 is 9.84 Å². The van der Waals surface area contributed by atoms with Gasteiger partial charge >= 0.3 is 0 Å². The van der Waals surface area contributed by atoms with E-state index in [1.807, 2.05) is 11.0 Å². The SMILES string of the molecule is NCc1ccnnc1N1CCS(=O)(=O)CC1. The van der Waals surface area contributed by atoms with E-state index in [0.717, 1.165) is 5.56 Å². The zero-order valence-corrected chi connectivity index (χ0v) is 9.65. The first-order chi connectivity index (χ1) is 7.62. The largest absolute Gasteiger partial charge is 0.353 e. The maximum absolute atomic E-state index is 11.3. The zero-order chi connectivity index (χ0) is 11.6. The third-order valence-corrected chi connectivity index (χ3v) is 4.26. The van der Waals surface area contributed by atoms with Crippen LogP contribution in [0.4, 0.5) is 5.82 Å². The summed E-state index contributed by atoms with van der Waals surface area (Å²) in [7, 11) is -2.86. The van der Waals surface area contributed by atoms with Crippen LogP contribution in [0.1, 0.15) is 5.56 Å². The van der Waals surface area contributed by atoms with Crippen LogP contribution in [0.5, 0.6) is 0 Å². The first-order valence-corrected chi connectivity index (χ1v) is 6.90. The summed E-state index contributed by atoms with van der Waals surface area (Å²) in [5.41, 5.74) is 6.50. The Bertz CT molecular complexity index is 460. The van der Waals surface area contributed by atoms with Crippen molar-refractivity contribution < 1.29 is 8.42 Å². The van der Waals surface area contributed by atoms with Gasteiger partial charge in [-0.1, -0.05) is 0 Å². The number of rotatable bonds is 2. The minimum Gasteiger partial charge on any atom is -0.353 e. The molecule has 2 N–H and O–H groups in total. The Balaban J connectivity index is 2.20. The highest BCUT2D eigenvalue weighted by Gasteiger charge is 2.23. The van der Waals surface area contributed by atoms with Crippen molar-refractivity contribution >= 4 is 15.7 Å². The highest BCUT2D eigenvalue weighted by Crippen LogP contribution is 2.17. The molecule has 0 atom stereocenters. The van der Waals surface area contributed by atoms with E-state index in [2.05, 4.69) is 10.2 Å². The molecule has 1 aliphatic heterocycles. The van der Waals surface area contributed by atoms with E-state index in [4.69, 9.17) is 5.73 Å². The van der Waals surface area contributed by atoms with Crippen molar-refractivity contribution in [1.82, 2.24) is 10.2 Å². The molecule has 1 aromatic rings. The average molecular weight is 242 g/mol. The Labute approximate surface area is 94.4 Å². The Morgan fingerprint density at radius 2 is 2.06 bits per heavy atom. The van der Waals surface area contributed by atoms with E-state index in [0.29, 0.717) is 25.5 Å². The molecule has 2 heterocycles. The maximum atomic E-state index is 11.3. The monoisotopic (exact) mass is 242 g/mol. The molecule has 0 spiro atoms. The van der Waals surface area contributed by atoms with E-state index in [1.54, 1.807) is 6.20 Å². The minimum absolute atomic E-state index is 0.174. The Kier molecular flexibility index (Phi) is 3.06. The van der Waals surface area contributed by atoms with Gasteiger partial charge in [0.15, 0.2) is 15.7 Å². The molecular weight excluding hydrogens is 228 g/mol. The lowest BCUT2D eigenvalue weighted by molar-refractivity contribution is 0.585. The number of hydrogen-bond donors (Lipinski definition) is 1. The average Bonchev–Trinajstić information content (AvgIpc) is 2.29. The summed E-state index contributed by atoms with van der Waals surface area (Å²) in [6, 6.07) is 1.81. The molecule has 6 nitrogen and oxygen atoms in total. The van der Waals surface area contributed by atoms with E-state index in [1.165, 1.54) is 0 Å². The molecular formula is C9H14N4O2S. The van der Waals surface area contributed by atoms with Crippen molar-refractivity contribution in [2.24, 2.45) is 5.73 Å². The van der Waals surface area contributed by atoms with Crippen molar-refractivity contribution in [3.63, 3.8) is 0 Å². The number of nitrogens with zero attached hydrogens (tertiary/aromatic N) is 3. The Morgan fingerprint density at radius 3 is 2.69 bits per heavy atom. The first kappa shape index (κ1) is 11.3. The summed E-state index contributed by atoms with van der Waals surface area (Å²) in [4.78, 5) is 1.93. The summed E-state index contributed by atoms with van der Waals surface area (Å²) in [5, 5.41) is 7.83. The molecule has 1 aromatic heterocycles. The van der Waals surface area contributed by atoms with Crippen LogP contribution in [-0.2, 0) is 16.4 Å². The van der Waals surface area contributed by atoms with Gasteiger partial charge in [-0.3, -0.25) is 0 Å². The predicted molar refractivity (Wildman–Crippen MR) is 60.8 cm³/mol. The topological polar surface area (TPSA) is 89.2 Å². The summed E-state index contributed by atoms with van der Waals surface area (Å²) in [6.07, 6.45) is 1.59. The third-order valence-electron chi connectivity index (χ3n) is 2.65. The summed E-state index contributed by atoms with van der Waals surface area (Å²) < 4.78 is 22.6. The van der Waals surface area contributed by atoms with E-state index >= 15 is 0 Å². The van der Waals surface area contributed by atoms with Gasteiger partial charge in [-0.15, -0.1) is 5.10 Å². The van der Waals surface area contributed by atoms with Gasteiger partial charge in [-0.05, 0) is 6.07 Å². The standard InChI is InChI=1S/C9H14N4O2S/c10-7-8-1-2-11-12-9(8)13-3-5-16(14,15)6-4-13/h1-2H,3-7,10H2. The van der Waals surface area contributed by atoms with Crippen LogP contribution in [0, 0.1) is 0 Å². The highest BCUT2D eigenvalue weighted by atomic mass is 32.2. The fraction of sp³-hybridized carbons (Fsp3) is 0.556. The fourth-order valence-corrected chi connectivity index (χ4v) is 2.90. The van der Waals surface area contributed by atoms with Crippen molar-refractivity contribution in [3.8, 4) is 0 Å². The van der Waals surface area contributed by atoms with E-state index in [-0.39, 0.29) is 11.5 Å². The van der Waals surface area contributed by atoms with Crippen molar-refractivity contribution in [2.75, 3.05) is 29.5 Å². The molecule has 0 unspecified atom stereocenters. The van der Waals surface area contributed by atoms with Gasteiger partial charge in [0.25, 0.3) is 0 Å². The van der Waals surface area contributed by atoms with Crippen LogP contribution >= 0.6 is 0 Å². The molecule has 16 heavy (non-hydrogen) atoms. The van der Waals surface area contributed by atoms with Crippen molar-refractivity contribution in [2.45, 2.75) is 6.54 Å². The van der Waals surface area contributed by atoms with Crippen LogP contribution in [0.2, 0.25) is 0 Å². The number of hydrogen-bond acceptors (Lipinski definition) is 6. The van der Waals surface area contributed by atoms with Gasteiger partial charge in [0, 0.05) is 25.2 Å². The summed E-state index contributed by atoms with van der Waals surface area (Å²) >= 11 is 0. The van der Waals surface area contributed by atoms with Gasteiger partial charge in [0.1, 0.15) is 0 Å². The smallest absolute Gasteiger partial charge is 0.155 e. The number of aromatic nitrogens is 2. The highest BCUT2D eigenvalue weighted by molar-refractivity contribution is 7.91. The van der Waals surface area contributed by atoms with Crippen LogP contribution < -0.4 is 10.6 Å². The zero-order valence-electron chi connectivity index (χ0n) is 8.83. The van der Waals surface area contributed by atoms with Gasteiger partial charge in [0.05, 0.1) is 17.7 Å². The molecule has 0 aliphatic carbocycles. The van der Waals surface area contributed by atoms with Gasteiger partial charge in [0.2, 0.25) is 0 Å². The summed E-state index contributed by atoms with van der Waals surface area (Å²) in [6.45, 7) is 1.32. The molecule has 0 bridgehead atoms. The molecule has 1 saturated heterocycles. The molecule has 0 amide bonds. The fourth-order valence-electron chi connectivity index (χ4n) is 1.70. The molecule has 2 rings (SSSR count). The molecule has 0 aromatic carbocycles. The normalized spacial score (nSPS) is 19.7. The number of anilines is 1. The lowest BCUT2D eigenvalue weighted by Crippen LogP contribution is -2.41. The minimum atomic E-state index is -2.86. The molecule has 7 heteroatoms.